The van der Waals surface area contributed by atoms with Gasteiger partial charge in [-0.3, -0.25) is 9.59 Å². The minimum Gasteiger partial charge on any atom is -0.354 e. The van der Waals surface area contributed by atoms with Gasteiger partial charge in [-0.15, -0.1) is 0 Å². The Morgan fingerprint density at radius 1 is 1.50 bits per heavy atom. The quantitative estimate of drug-likeness (QED) is 0.622. The highest BCUT2D eigenvalue weighted by Crippen LogP contribution is 2.06. The lowest BCUT2D eigenvalue weighted by Crippen LogP contribution is -2.52. The van der Waals surface area contributed by atoms with Gasteiger partial charge in [0.05, 0.1) is 6.04 Å². The Kier molecular flexibility index (Phi) is 4.73. The van der Waals surface area contributed by atoms with E-state index in [0.717, 1.165) is 12.8 Å². The van der Waals surface area contributed by atoms with Gasteiger partial charge >= 0.3 is 0 Å². The summed E-state index contributed by atoms with van der Waals surface area (Å²) in [6.45, 7) is 4.47. The van der Waals surface area contributed by atoms with Gasteiger partial charge in [0.2, 0.25) is 11.8 Å². The molecule has 16 heavy (non-hydrogen) atoms. The zero-order valence-electron chi connectivity index (χ0n) is 9.95. The molecule has 0 aromatic rings. The van der Waals surface area contributed by atoms with E-state index in [1.807, 2.05) is 13.8 Å². The van der Waals surface area contributed by atoms with E-state index in [4.69, 9.17) is 5.73 Å². The number of amides is 2. The van der Waals surface area contributed by atoms with Crippen molar-refractivity contribution in [2.24, 2.45) is 11.7 Å². The molecule has 0 radical (unpaired) electrons. The SMILES string of the molecule is CC(C)[C@H](N)C(=O)NC1CCCCNC1=O. The third kappa shape index (κ3) is 3.48. The van der Waals surface area contributed by atoms with Crippen molar-refractivity contribution in [3.63, 3.8) is 0 Å². The molecular formula is C11H21N3O2. The molecule has 92 valence electrons. The molecule has 1 aliphatic heterocycles. The van der Waals surface area contributed by atoms with Gasteiger partial charge < -0.3 is 16.4 Å². The minimum absolute atomic E-state index is 0.0776. The van der Waals surface area contributed by atoms with Crippen LogP contribution < -0.4 is 16.4 Å². The lowest BCUT2D eigenvalue weighted by Gasteiger charge is -2.20. The fraction of sp³-hybridized carbons (Fsp3) is 0.818. The van der Waals surface area contributed by atoms with Gasteiger partial charge in [0.15, 0.2) is 0 Å². The first-order valence-corrected chi connectivity index (χ1v) is 5.86. The zero-order valence-corrected chi connectivity index (χ0v) is 9.95. The van der Waals surface area contributed by atoms with Crippen molar-refractivity contribution in [1.29, 1.82) is 0 Å². The second kappa shape index (κ2) is 5.84. The predicted molar refractivity (Wildman–Crippen MR) is 61.6 cm³/mol. The van der Waals surface area contributed by atoms with Crippen LogP contribution in [0.15, 0.2) is 0 Å². The van der Waals surface area contributed by atoms with Gasteiger partial charge in [0.1, 0.15) is 6.04 Å². The molecule has 1 fully saturated rings. The number of carbonyl (C=O) groups excluding carboxylic acids is 2. The van der Waals surface area contributed by atoms with E-state index in [1.165, 1.54) is 0 Å². The van der Waals surface area contributed by atoms with Crippen molar-refractivity contribution in [3.05, 3.63) is 0 Å². The summed E-state index contributed by atoms with van der Waals surface area (Å²) >= 11 is 0. The summed E-state index contributed by atoms with van der Waals surface area (Å²) in [6, 6.07) is -0.962. The molecule has 0 aliphatic carbocycles. The van der Waals surface area contributed by atoms with Crippen LogP contribution >= 0.6 is 0 Å². The lowest BCUT2D eigenvalue weighted by molar-refractivity contribution is -0.130. The van der Waals surface area contributed by atoms with Gasteiger partial charge in [-0.2, -0.15) is 0 Å². The van der Waals surface area contributed by atoms with E-state index in [-0.39, 0.29) is 17.7 Å². The largest absolute Gasteiger partial charge is 0.354 e. The van der Waals surface area contributed by atoms with E-state index in [1.54, 1.807) is 0 Å². The van der Waals surface area contributed by atoms with Crippen molar-refractivity contribution in [2.75, 3.05) is 6.54 Å². The molecule has 1 aliphatic rings. The number of nitrogens with two attached hydrogens (primary N) is 1. The average Bonchev–Trinajstić information content (AvgIpc) is 2.43. The first kappa shape index (κ1) is 13.0. The second-order valence-corrected chi connectivity index (χ2v) is 4.62. The third-order valence-corrected chi connectivity index (χ3v) is 2.87. The van der Waals surface area contributed by atoms with Crippen LogP contribution in [-0.4, -0.2) is 30.4 Å². The number of nitrogens with one attached hydrogen (secondary N) is 2. The molecule has 0 spiro atoms. The maximum absolute atomic E-state index is 11.7. The van der Waals surface area contributed by atoms with Crippen molar-refractivity contribution in [3.8, 4) is 0 Å². The summed E-state index contributed by atoms with van der Waals surface area (Å²) in [5, 5.41) is 5.49. The van der Waals surface area contributed by atoms with Crippen LogP contribution in [0.3, 0.4) is 0 Å². The van der Waals surface area contributed by atoms with Crippen LogP contribution in [0.5, 0.6) is 0 Å². The zero-order chi connectivity index (χ0) is 12.1. The maximum Gasteiger partial charge on any atom is 0.242 e. The molecule has 0 aromatic heterocycles. The molecule has 2 atom stereocenters. The van der Waals surface area contributed by atoms with E-state index in [2.05, 4.69) is 10.6 Å². The highest BCUT2D eigenvalue weighted by Gasteiger charge is 2.25. The molecule has 1 saturated heterocycles. The summed E-state index contributed by atoms with van der Waals surface area (Å²) in [5.74, 6) is -0.257. The summed E-state index contributed by atoms with van der Waals surface area (Å²) in [6.07, 6.45) is 2.61. The van der Waals surface area contributed by atoms with Crippen LogP contribution in [0.2, 0.25) is 0 Å². The molecular weight excluding hydrogens is 206 g/mol. The van der Waals surface area contributed by atoms with Gasteiger partial charge in [0, 0.05) is 6.54 Å². The molecule has 1 unspecified atom stereocenters. The third-order valence-electron chi connectivity index (χ3n) is 2.87. The van der Waals surface area contributed by atoms with Gasteiger partial charge in [-0.1, -0.05) is 13.8 Å². The summed E-state index contributed by atoms with van der Waals surface area (Å²) in [5.41, 5.74) is 5.72. The number of carbonyl (C=O) groups is 2. The monoisotopic (exact) mass is 227 g/mol. The standard InChI is InChI=1S/C11H21N3O2/c1-7(2)9(12)11(16)14-8-5-3-4-6-13-10(8)15/h7-9H,3-6,12H2,1-2H3,(H,13,15)(H,14,16)/t8?,9-/m0/s1. The highest BCUT2D eigenvalue weighted by molar-refractivity contribution is 5.89. The molecule has 5 nitrogen and oxygen atoms in total. The number of hydrogen-bond donors (Lipinski definition) is 3. The normalized spacial score (nSPS) is 23.5. The second-order valence-electron chi connectivity index (χ2n) is 4.62. The van der Waals surface area contributed by atoms with Crippen LogP contribution in [0, 0.1) is 5.92 Å². The molecule has 4 N–H and O–H groups in total. The first-order valence-electron chi connectivity index (χ1n) is 5.86. The van der Waals surface area contributed by atoms with Crippen LogP contribution in [0.25, 0.3) is 0 Å². The predicted octanol–water partition coefficient (Wildman–Crippen LogP) is -0.245. The summed E-state index contributed by atoms with van der Waals surface area (Å²) < 4.78 is 0. The Bertz CT molecular complexity index is 266. The van der Waals surface area contributed by atoms with Crippen LogP contribution in [0.1, 0.15) is 33.1 Å². The molecule has 5 heteroatoms. The summed E-state index contributed by atoms with van der Waals surface area (Å²) in [4.78, 5) is 23.3. The molecule has 1 rings (SSSR count). The molecule has 0 saturated carbocycles. The van der Waals surface area contributed by atoms with Crippen molar-refractivity contribution in [2.45, 2.75) is 45.2 Å². The van der Waals surface area contributed by atoms with Gasteiger partial charge in [-0.25, -0.2) is 0 Å². The fourth-order valence-corrected chi connectivity index (χ4v) is 1.65. The van der Waals surface area contributed by atoms with Crippen molar-refractivity contribution in [1.82, 2.24) is 10.6 Å². The highest BCUT2D eigenvalue weighted by atomic mass is 16.2. The maximum atomic E-state index is 11.7. The lowest BCUT2D eigenvalue weighted by atomic mass is 10.0. The Hall–Kier alpha value is -1.10. The molecule has 0 bridgehead atoms. The van der Waals surface area contributed by atoms with E-state index in [0.29, 0.717) is 13.0 Å². The summed E-state index contributed by atoms with van der Waals surface area (Å²) in [7, 11) is 0. The Balaban J connectivity index is 2.51. The topological polar surface area (TPSA) is 84.2 Å². The van der Waals surface area contributed by atoms with Gasteiger partial charge in [-0.05, 0) is 25.2 Å². The van der Waals surface area contributed by atoms with Crippen molar-refractivity contribution < 1.29 is 9.59 Å². The van der Waals surface area contributed by atoms with Gasteiger partial charge in [0.25, 0.3) is 0 Å². The van der Waals surface area contributed by atoms with Crippen LogP contribution in [-0.2, 0) is 9.59 Å². The van der Waals surface area contributed by atoms with E-state index < -0.39 is 12.1 Å². The average molecular weight is 227 g/mol. The molecule has 0 aromatic carbocycles. The number of hydrogen-bond acceptors (Lipinski definition) is 3. The molecule has 2 amide bonds. The van der Waals surface area contributed by atoms with Crippen molar-refractivity contribution >= 4 is 11.8 Å². The Labute approximate surface area is 96.1 Å². The fourth-order valence-electron chi connectivity index (χ4n) is 1.65. The number of rotatable bonds is 3. The Morgan fingerprint density at radius 2 is 2.19 bits per heavy atom. The molecule has 1 heterocycles. The first-order chi connectivity index (χ1) is 7.52. The smallest absolute Gasteiger partial charge is 0.242 e. The van der Waals surface area contributed by atoms with E-state index in [9.17, 15) is 9.59 Å². The van der Waals surface area contributed by atoms with E-state index >= 15 is 0 Å². The van der Waals surface area contributed by atoms with Crippen LogP contribution in [0.4, 0.5) is 0 Å². The Morgan fingerprint density at radius 3 is 2.81 bits per heavy atom. The minimum atomic E-state index is -0.545.